The lowest BCUT2D eigenvalue weighted by molar-refractivity contribution is -0.166. The molecule has 4 atom stereocenters. The molecule has 0 radical (unpaired) electrons. The molecule has 0 unspecified atom stereocenters. The van der Waals surface area contributed by atoms with Gasteiger partial charge in [-0.05, 0) is 65.2 Å². The Morgan fingerprint density at radius 1 is 1.26 bits per heavy atom. The van der Waals surface area contributed by atoms with Crippen LogP contribution in [-0.2, 0) is 23.7 Å². The Bertz CT molecular complexity index is 545. The lowest BCUT2D eigenvalue weighted by atomic mass is 9.86. The van der Waals surface area contributed by atoms with Crippen LogP contribution in [0.25, 0.3) is 0 Å². The van der Waals surface area contributed by atoms with Crippen LogP contribution in [0.2, 0.25) is 0 Å². The molecule has 0 aromatic carbocycles. The van der Waals surface area contributed by atoms with E-state index < -0.39 is 23.7 Å². The first-order valence-electron chi connectivity index (χ1n) is 11.8. The van der Waals surface area contributed by atoms with E-state index in [0.717, 1.165) is 32.1 Å². The van der Waals surface area contributed by atoms with E-state index >= 15 is 0 Å². The Morgan fingerprint density at radius 3 is 2.48 bits per heavy atom. The maximum atomic E-state index is 13.1. The summed E-state index contributed by atoms with van der Waals surface area (Å²) in [6, 6.07) is -0.743. The van der Waals surface area contributed by atoms with Gasteiger partial charge in [0.25, 0.3) is 0 Å². The van der Waals surface area contributed by atoms with E-state index in [4.69, 9.17) is 18.9 Å². The maximum absolute atomic E-state index is 13.1. The minimum atomic E-state index is -0.743. The van der Waals surface area contributed by atoms with Gasteiger partial charge in [-0.1, -0.05) is 33.6 Å². The molecule has 0 aromatic heterocycles. The van der Waals surface area contributed by atoms with Gasteiger partial charge >= 0.3 is 12.1 Å². The van der Waals surface area contributed by atoms with Crippen molar-refractivity contribution < 1.29 is 28.5 Å². The molecule has 0 saturated carbocycles. The van der Waals surface area contributed by atoms with E-state index in [2.05, 4.69) is 20.8 Å². The molecule has 0 bridgehead atoms. The molecule has 1 aliphatic heterocycles. The smallest absolute Gasteiger partial charge is 0.412 e. The van der Waals surface area contributed by atoms with Crippen molar-refractivity contribution in [2.24, 2.45) is 11.8 Å². The second-order valence-electron chi connectivity index (χ2n) is 10.0. The summed E-state index contributed by atoms with van der Waals surface area (Å²) in [5.74, 6) is 0.493. The second kappa shape index (κ2) is 13.3. The van der Waals surface area contributed by atoms with Crippen LogP contribution < -0.4 is 0 Å². The summed E-state index contributed by atoms with van der Waals surface area (Å²) in [6.07, 6.45) is 4.18. The first-order valence-corrected chi connectivity index (χ1v) is 11.8. The number of hydrogen-bond acceptors (Lipinski definition) is 6. The quantitative estimate of drug-likeness (QED) is 0.362. The van der Waals surface area contributed by atoms with Gasteiger partial charge < -0.3 is 18.9 Å². The van der Waals surface area contributed by atoms with Crippen molar-refractivity contribution in [3.63, 3.8) is 0 Å². The molecule has 31 heavy (non-hydrogen) atoms. The Kier molecular flexibility index (Phi) is 11.8. The second-order valence-corrected chi connectivity index (χ2v) is 10.0. The molecular formula is C24H45NO6. The van der Waals surface area contributed by atoms with E-state index in [-0.39, 0.29) is 18.9 Å². The number of esters is 1. The monoisotopic (exact) mass is 443 g/mol. The van der Waals surface area contributed by atoms with Crippen molar-refractivity contribution in [1.29, 1.82) is 0 Å². The molecule has 1 amide bonds. The van der Waals surface area contributed by atoms with Crippen molar-refractivity contribution in [2.45, 2.75) is 111 Å². The van der Waals surface area contributed by atoms with Gasteiger partial charge in [-0.2, -0.15) is 0 Å². The molecule has 1 fully saturated rings. The van der Waals surface area contributed by atoms with Gasteiger partial charge in [0.1, 0.15) is 24.5 Å². The van der Waals surface area contributed by atoms with Crippen molar-refractivity contribution >= 4 is 12.1 Å². The topological polar surface area (TPSA) is 74.3 Å². The minimum absolute atomic E-state index is 0.0321. The molecule has 182 valence electrons. The molecule has 1 heterocycles. The summed E-state index contributed by atoms with van der Waals surface area (Å²) in [6.45, 7) is 14.4. The predicted molar refractivity (Wildman–Crippen MR) is 121 cm³/mol. The van der Waals surface area contributed by atoms with E-state index in [0.29, 0.717) is 24.9 Å². The lowest BCUT2D eigenvalue weighted by Crippen LogP contribution is -2.49. The largest absolute Gasteiger partial charge is 0.458 e. The fourth-order valence-electron chi connectivity index (χ4n) is 3.96. The molecular weight excluding hydrogens is 398 g/mol. The number of cyclic esters (lactones) is 1. The average molecular weight is 444 g/mol. The van der Waals surface area contributed by atoms with Crippen molar-refractivity contribution in [2.75, 3.05) is 20.4 Å². The first kappa shape index (κ1) is 27.7. The lowest BCUT2D eigenvalue weighted by Gasteiger charge is -2.33. The number of rotatable bonds is 9. The van der Waals surface area contributed by atoms with Gasteiger partial charge in [0.15, 0.2) is 0 Å². The van der Waals surface area contributed by atoms with Crippen LogP contribution in [0.4, 0.5) is 4.79 Å². The molecule has 1 rings (SSSR count). The van der Waals surface area contributed by atoms with Crippen molar-refractivity contribution in [1.82, 2.24) is 4.90 Å². The van der Waals surface area contributed by atoms with Crippen molar-refractivity contribution in [3.8, 4) is 0 Å². The van der Waals surface area contributed by atoms with Gasteiger partial charge in [0, 0.05) is 13.7 Å². The van der Waals surface area contributed by atoms with E-state index in [1.54, 1.807) is 20.8 Å². The first-order chi connectivity index (χ1) is 14.5. The molecule has 0 spiro atoms. The Morgan fingerprint density at radius 2 is 1.94 bits per heavy atom. The number of nitrogens with zero attached hydrogens (tertiary/aromatic N) is 1. The van der Waals surface area contributed by atoms with E-state index in [1.807, 2.05) is 6.92 Å². The molecule has 0 aliphatic carbocycles. The van der Waals surface area contributed by atoms with Gasteiger partial charge in [-0.3, -0.25) is 4.90 Å². The van der Waals surface area contributed by atoms with Crippen molar-refractivity contribution in [3.05, 3.63) is 0 Å². The highest BCUT2D eigenvalue weighted by Crippen LogP contribution is 2.30. The molecule has 7 heteroatoms. The molecule has 0 N–H and O–H groups in total. The van der Waals surface area contributed by atoms with Crippen LogP contribution in [0.5, 0.6) is 0 Å². The number of methoxy groups -OCH3 is 1. The zero-order valence-electron chi connectivity index (χ0n) is 20.9. The number of ether oxygens (including phenoxy) is 4. The summed E-state index contributed by atoms with van der Waals surface area (Å²) in [5.41, 5.74) is -0.667. The Hall–Kier alpha value is -1.34. The minimum Gasteiger partial charge on any atom is -0.458 e. The third kappa shape index (κ3) is 9.77. The Balaban J connectivity index is 3.08. The van der Waals surface area contributed by atoms with Crippen LogP contribution in [0.15, 0.2) is 0 Å². The van der Waals surface area contributed by atoms with Gasteiger partial charge in [0.2, 0.25) is 0 Å². The summed E-state index contributed by atoms with van der Waals surface area (Å²) in [4.78, 5) is 27.3. The van der Waals surface area contributed by atoms with E-state index in [1.165, 1.54) is 12.0 Å². The highest BCUT2D eigenvalue weighted by molar-refractivity contribution is 5.81. The summed E-state index contributed by atoms with van der Waals surface area (Å²) < 4.78 is 22.8. The highest BCUT2D eigenvalue weighted by atomic mass is 16.6. The van der Waals surface area contributed by atoms with E-state index in [9.17, 15) is 9.59 Å². The number of amides is 1. The predicted octanol–water partition coefficient (Wildman–Crippen LogP) is 5.16. The van der Waals surface area contributed by atoms with Gasteiger partial charge in [0.05, 0.1) is 6.10 Å². The fourth-order valence-corrected chi connectivity index (χ4v) is 3.96. The van der Waals surface area contributed by atoms with Gasteiger partial charge in [-0.25, -0.2) is 9.59 Å². The highest BCUT2D eigenvalue weighted by Gasteiger charge is 2.39. The summed E-state index contributed by atoms with van der Waals surface area (Å²) in [7, 11) is 1.50. The average Bonchev–Trinajstić information content (AvgIpc) is 2.70. The number of carbonyl (C=O) groups is 2. The third-order valence-corrected chi connectivity index (χ3v) is 5.46. The van der Waals surface area contributed by atoms with Crippen LogP contribution in [0.1, 0.15) is 87.0 Å². The van der Waals surface area contributed by atoms with Crippen LogP contribution in [0.3, 0.4) is 0 Å². The van der Waals surface area contributed by atoms with Crippen LogP contribution in [-0.4, -0.2) is 61.3 Å². The maximum Gasteiger partial charge on any atom is 0.412 e. The molecule has 0 aromatic rings. The number of carbonyl (C=O) groups excluding carboxylic acids is 2. The molecule has 1 saturated heterocycles. The third-order valence-electron chi connectivity index (χ3n) is 5.46. The summed E-state index contributed by atoms with van der Waals surface area (Å²) >= 11 is 0. The molecule has 7 nitrogen and oxygen atoms in total. The van der Waals surface area contributed by atoms with Crippen LogP contribution >= 0.6 is 0 Å². The standard InChI is InChI=1S/C24H45NO6/c1-9-15-29-21-18(4)30-22(26)20(12-10-11-19(21)14-13-17(2)3)25(16-28-8)23(27)31-24(5,6)7/h17-21H,9-16H2,1-8H3/t18-,19+,20-,21-/m0/s1. The van der Waals surface area contributed by atoms with Crippen LogP contribution in [0, 0.1) is 11.8 Å². The number of hydrogen-bond donors (Lipinski definition) is 0. The Labute approximate surface area is 189 Å². The zero-order valence-corrected chi connectivity index (χ0v) is 20.9. The summed E-state index contributed by atoms with van der Waals surface area (Å²) in [5, 5.41) is 0. The normalized spacial score (nSPS) is 25.4. The van der Waals surface area contributed by atoms with Gasteiger partial charge in [-0.15, -0.1) is 0 Å². The zero-order chi connectivity index (χ0) is 23.6. The SMILES string of the molecule is CCCO[C@@H]1[C@@H](CCC(C)C)CCC[C@H](N(COC)C(=O)OC(C)(C)C)C(=O)O[C@H]1C. The fraction of sp³-hybridized carbons (Fsp3) is 0.917. The molecule has 1 aliphatic rings.